The SMILES string of the molecule is Cc1oc2c(c1C(=O)N1CCN(c3cccc(Cl)c3)CC1)C1=NCCN1C=N2. The van der Waals surface area contributed by atoms with E-state index in [1.807, 2.05) is 41.0 Å². The number of anilines is 1. The Morgan fingerprint density at radius 1 is 1.18 bits per heavy atom. The van der Waals surface area contributed by atoms with E-state index in [0.29, 0.717) is 36.8 Å². The molecule has 0 bridgehead atoms. The van der Waals surface area contributed by atoms with Gasteiger partial charge in [-0.1, -0.05) is 17.7 Å². The van der Waals surface area contributed by atoms with Gasteiger partial charge >= 0.3 is 0 Å². The van der Waals surface area contributed by atoms with Gasteiger partial charge in [0.15, 0.2) is 0 Å². The van der Waals surface area contributed by atoms with Crippen molar-refractivity contribution in [3.63, 3.8) is 0 Å². The molecular formula is C20H20ClN5O2. The van der Waals surface area contributed by atoms with Crippen molar-refractivity contribution in [3.8, 4) is 0 Å². The molecule has 3 aliphatic heterocycles. The zero-order valence-corrected chi connectivity index (χ0v) is 16.3. The summed E-state index contributed by atoms with van der Waals surface area (Å²) in [5.74, 6) is 1.86. The Bertz CT molecular complexity index is 1000. The molecule has 0 unspecified atom stereocenters. The predicted molar refractivity (Wildman–Crippen MR) is 109 cm³/mol. The van der Waals surface area contributed by atoms with Crippen molar-refractivity contribution >= 4 is 41.3 Å². The number of hydrogen-bond donors (Lipinski definition) is 0. The second-order valence-electron chi connectivity index (χ2n) is 7.12. The Morgan fingerprint density at radius 2 is 2.00 bits per heavy atom. The molecule has 2 aromatic rings. The van der Waals surface area contributed by atoms with Crippen LogP contribution < -0.4 is 4.90 Å². The van der Waals surface area contributed by atoms with Gasteiger partial charge in [0.05, 0.1) is 17.7 Å². The van der Waals surface area contributed by atoms with E-state index in [0.717, 1.165) is 41.7 Å². The van der Waals surface area contributed by atoms with Crippen LogP contribution in [0.3, 0.4) is 0 Å². The lowest BCUT2D eigenvalue weighted by Crippen LogP contribution is -2.49. The van der Waals surface area contributed by atoms with Gasteiger partial charge in [-0.05, 0) is 25.1 Å². The second-order valence-corrected chi connectivity index (χ2v) is 7.55. The molecule has 28 heavy (non-hydrogen) atoms. The quantitative estimate of drug-likeness (QED) is 0.781. The minimum Gasteiger partial charge on any atom is -0.442 e. The number of aliphatic imine (C=N–C) groups is 2. The molecule has 1 saturated heterocycles. The molecule has 0 N–H and O–H groups in total. The molecule has 0 aliphatic carbocycles. The van der Waals surface area contributed by atoms with Crippen LogP contribution in [0.1, 0.15) is 21.7 Å². The van der Waals surface area contributed by atoms with E-state index in [9.17, 15) is 4.79 Å². The van der Waals surface area contributed by atoms with E-state index in [-0.39, 0.29) is 5.91 Å². The van der Waals surface area contributed by atoms with Gasteiger partial charge in [0, 0.05) is 43.4 Å². The number of carbonyl (C=O) groups is 1. The van der Waals surface area contributed by atoms with Crippen molar-refractivity contribution in [1.82, 2.24) is 9.80 Å². The third-order valence-electron chi connectivity index (χ3n) is 5.43. The third-order valence-corrected chi connectivity index (χ3v) is 5.67. The lowest BCUT2D eigenvalue weighted by Gasteiger charge is -2.36. The highest BCUT2D eigenvalue weighted by atomic mass is 35.5. The lowest BCUT2D eigenvalue weighted by atomic mass is 10.1. The van der Waals surface area contributed by atoms with Crippen molar-refractivity contribution in [2.75, 3.05) is 44.2 Å². The molecule has 4 heterocycles. The molecule has 1 amide bonds. The number of halogens is 1. The largest absolute Gasteiger partial charge is 0.442 e. The molecule has 3 aliphatic rings. The minimum absolute atomic E-state index is 0.0140. The van der Waals surface area contributed by atoms with E-state index in [2.05, 4.69) is 14.9 Å². The number of amidine groups is 1. The highest BCUT2D eigenvalue weighted by Gasteiger charge is 2.35. The molecule has 1 fully saturated rings. The van der Waals surface area contributed by atoms with E-state index in [1.165, 1.54) is 0 Å². The number of hydrogen-bond acceptors (Lipinski definition) is 6. The zero-order valence-electron chi connectivity index (χ0n) is 15.6. The third kappa shape index (κ3) is 2.77. The van der Waals surface area contributed by atoms with E-state index < -0.39 is 0 Å². The maximum absolute atomic E-state index is 13.3. The minimum atomic E-state index is -0.0140. The van der Waals surface area contributed by atoms with Crippen LogP contribution in [-0.4, -0.2) is 67.1 Å². The van der Waals surface area contributed by atoms with E-state index in [1.54, 1.807) is 6.34 Å². The average Bonchev–Trinajstić information content (AvgIpc) is 3.30. The first-order chi connectivity index (χ1) is 13.6. The first kappa shape index (κ1) is 17.3. The molecule has 144 valence electrons. The van der Waals surface area contributed by atoms with Gasteiger partial charge in [0.1, 0.15) is 17.9 Å². The summed E-state index contributed by atoms with van der Waals surface area (Å²) in [5.41, 5.74) is 2.41. The molecule has 0 atom stereocenters. The van der Waals surface area contributed by atoms with Gasteiger partial charge in [0.2, 0.25) is 5.88 Å². The van der Waals surface area contributed by atoms with Gasteiger partial charge in [-0.2, -0.15) is 0 Å². The van der Waals surface area contributed by atoms with Crippen LogP contribution in [0.2, 0.25) is 5.02 Å². The van der Waals surface area contributed by atoms with Crippen molar-refractivity contribution < 1.29 is 9.21 Å². The number of aryl methyl sites for hydroxylation is 1. The highest BCUT2D eigenvalue weighted by Crippen LogP contribution is 2.35. The fourth-order valence-electron chi connectivity index (χ4n) is 4.00. The summed E-state index contributed by atoms with van der Waals surface area (Å²) in [4.78, 5) is 28.4. The second kappa shape index (κ2) is 6.67. The first-order valence-corrected chi connectivity index (χ1v) is 9.78. The van der Waals surface area contributed by atoms with Gasteiger partial charge in [-0.3, -0.25) is 9.79 Å². The molecule has 1 aromatic carbocycles. The summed E-state index contributed by atoms with van der Waals surface area (Å²) in [6.45, 7) is 6.12. The summed E-state index contributed by atoms with van der Waals surface area (Å²) in [6, 6.07) is 7.82. The number of benzene rings is 1. The fraction of sp³-hybridized carbons (Fsp3) is 0.350. The Balaban J connectivity index is 1.38. The summed E-state index contributed by atoms with van der Waals surface area (Å²) < 4.78 is 5.78. The standard InChI is InChI=1S/C20H20ClN5O2/c1-13-16(17-18-22-5-6-26(18)12-23-19(17)28-13)20(27)25-9-7-24(8-10-25)15-4-2-3-14(21)11-15/h2-4,11-12H,5-10H2,1H3. The number of amides is 1. The van der Waals surface area contributed by atoms with Crippen LogP contribution in [0.15, 0.2) is 38.7 Å². The summed E-state index contributed by atoms with van der Waals surface area (Å²) in [6.07, 6.45) is 1.73. The zero-order chi connectivity index (χ0) is 19.3. The molecule has 0 saturated carbocycles. The van der Waals surface area contributed by atoms with Gasteiger partial charge in [-0.25, -0.2) is 4.99 Å². The first-order valence-electron chi connectivity index (χ1n) is 9.40. The molecule has 1 aromatic heterocycles. The highest BCUT2D eigenvalue weighted by molar-refractivity contribution is 6.30. The maximum Gasteiger partial charge on any atom is 0.258 e. The fourth-order valence-corrected chi connectivity index (χ4v) is 4.19. The number of piperazine rings is 1. The Morgan fingerprint density at radius 3 is 2.79 bits per heavy atom. The van der Waals surface area contributed by atoms with Crippen LogP contribution in [0.5, 0.6) is 0 Å². The van der Waals surface area contributed by atoms with Crippen LogP contribution in [0, 0.1) is 6.92 Å². The van der Waals surface area contributed by atoms with E-state index in [4.69, 9.17) is 16.0 Å². The number of carbonyl (C=O) groups excluding carboxylic acids is 1. The Labute approximate surface area is 167 Å². The van der Waals surface area contributed by atoms with Crippen LogP contribution >= 0.6 is 11.6 Å². The van der Waals surface area contributed by atoms with Crippen molar-refractivity contribution in [3.05, 3.63) is 46.2 Å². The summed E-state index contributed by atoms with van der Waals surface area (Å²) >= 11 is 6.11. The van der Waals surface area contributed by atoms with Gasteiger partial charge in [0.25, 0.3) is 5.91 Å². The molecular weight excluding hydrogens is 378 g/mol. The number of fused-ring (bicyclic) bond motifs is 3. The smallest absolute Gasteiger partial charge is 0.258 e. The molecule has 8 heteroatoms. The Kier molecular flexibility index (Phi) is 4.12. The summed E-state index contributed by atoms with van der Waals surface area (Å²) in [5, 5.41) is 0.721. The van der Waals surface area contributed by atoms with E-state index >= 15 is 0 Å². The number of rotatable bonds is 2. The molecule has 5 rings (SSSR count). The molecule has 0 spiro atoms. The van der Waals surface area contributed by atoms with Crippen molar-refractivity contribution in [2.24, 2.45) is 9.98 Å². The Hall–Kier alpha value is -2.80. The number of nitrogens with zero attached hydrogens (tertiary/aromatic N) is 5. The predicted octanol–water partition coefficient (Wildman–Crippen LogP) is 2.94. The number of furan rings is 1. The van der Waals surface area contributed by atoms with Gasteiger partial charge < -0.3 is 19.1 Å². The average molecular weight is 398 g/mol. The van der Waals surface area contributed by atoms with Gasteiger partial charge in [-0.15, -0.1) is 0 Å². The topological polar surface area (TPSA) is 64.7 Å². The normalized spacial score (nSPS) is 18.2. The van der Waals surface area contributed by atoms with Crippen LogP contribution in [0.4, 0.5) is 11.6 Å². The molecule has 0 radical (unpaired) electrons. The lowest BCUT2D eigenvalue weighted by molar-refractivity contribution is 0.0745. The monoisotopic (exact) mass is 397 g/mol. The van der Waals surface area contributed by atoms with Crippen LogP contribution in [0.25, 0.3) is 0 Å². The van der Waals surface area contributed by atoms with Crippen molar-refractivity contribution in [1.29, 1.82) is 0 Å². The van der Waals surface area contributed by atoms with Crippen LogP contribution in [-0.2, 0) is 0 Å². The summed E-state index contributed by atoms with van der Waals surface area (Å²) in [7, 11) is 0. The maximum atomic E-state index is 13.3. The van der Waals surface area contributed by atoms with Crippen molar-refractivity contribution in [2.45, 2.75) is 6.92 Å². The molecule has 7 nitrogen and oxygen atoms in total.